The van der Waals surface area contributed by atoms with Crippen LogP contribution in [0.4, 0.5) is 5.69 Å². The first-order valence-electron chi connectivity index (χ1n) is 8.65. The number of imidazole rings is 1. The molecule has 5 nitrogen and oxygen atoms in total. The van der Waals surface area contributed by atoms with E-state index in [4.69, 9.17) is 0 Å². The number of H-pyrrole nitrogens is 1. The van der Waals surface area contributed by atoms with Crippen LogP contribution in [0, 0.1) is 18.8 Å². The first-order chi connectivity index (χ1) is 11.5. The van der Waals surface area contributed by atoms with Gasteiger partial charge in [-0.25, -0.2) is 4.98 Å². The van der Waals surface area contributed by atoms with Gasteiger partial charge in [0.1, 0.15) is 5.82 Å². The lowest BCUT2D eigenvalue weighted by atomic mass is 9.91. The molecule has 0 spiro atoms. The van der Waals surface area contributed by atoms with Gasteiger partial charge in [0.05, 0.1) is 6.54 Å². The zero-order valence-corrected chi connectivity index (χ0v) is 14.7. The van der Waals surface area contributed by atoms with Crippen molar-refractivity contribution in [2.75, 3.05) is 18.4 Å². The SMILES string of the molecule is Cc1ccc(C(=O)N2C[C@H](C)C[C@H](C)C2)cc1NCc1ncc[nH]1. The summed E-state index contributed by atoms with van der Waals surface area (Å²) in [6, 6.07) is 5.90. The maximum atomic E-state index is 12.9. The number of aryl methyl sites for hydroxylation is 1. The number of amides is 1. The lowest BCUT2D eigenvalue weighted by molar-refractivity contribution is 0.0623. The maximum absolute atomic E-state index is 12.9. The number of hydrogen-bond acceptors (Lipinski definition) is 3. The summed E-state index contributed by atoms with van der Waals surface area (Å²) in [6.45, 7) is 8.81. The van der Waals surface area contributed by atoms with Crippen LogP contribution in [-0.4, -0.2) is 33.9 Å². The normalized spacial score (nSPS) is 20.9. The van der Waals surface area contributed by atoms with Crippen LogP contribution < -0.4 is 5.32 Å². The topological polar surface area (TPSA) is 61.0 Å². The number of rotatable bonds is 4. The van der Waals surface area contributed by atoms with Gasteiger partial charge in [-0.2, -0.15) is 0 Å². The van der Waals surface area contributed by atoms with Gasteiger partial charge in [-0.15, -0.1) is 0 Å². The summed E-state index contributed by atoms with van der Waals surface area (Å²) in [5, 5.41) is 3.37. The summed E-state index contributed by atoms with van der Waals surface area (Å²) in [5.41, 5.74) is 2.86. The summed E-state index contributed by atoms with van der Waals surface area (Å²) in [5.74, 6) is 2.15. The lowest BCUT2D eigenvalue weighted by Crippen LogP contribution is -2.42. The van der Waals surface area contributed by atoms with Crippen molar-refractivity contribution in [3.05, 3.63) is 47.5 Å². The van der Waals surface area contributed by atoms with Crippen molar-refractivity contribution in [3.63, 3.8) is 0 Å². The van der Waals surface area contributed by atoms with Crippen LogP contribution in [0.25, 0.3) is 0 Å². The number of nitrogens with one attached hydrogen (secondary N) is 2. The number of nitrogens with zero attached hydrogens (tertiary/aromatic N) is 2. The number of aromatic amines is 1. The number of likely N-dealkylation sites (tertiary alicyclic amines) is 1. The molecule has 2 heterocycles. The quantitative estimate of drug-likeness (QED) is 0.904. The van der Waals surface area contributed by atoms with Crippen LogP contribution in [-0.2, 0) is 6.54 Å². The summed E-state index contributed by atoms with van der Waals surface area (Å²) >= 11 is 0. The number of piperidine rings is 1. The molecule has 1 saturated heterocycles. The van der Waals surface area contributed by atoms with Gasteiger partial charge < -0.3 is 15.2 Å². The van der Waals surface area contributed by atoms with E-state index in [1.807, 2.05) is 36.2 Å². The molecule has 1 aromatic carbocycles. The molecule has 0 bridgehead atoms. The fourth-order valence-electron chi connectivity index (χ4n) is 3.53. The van der Waals surface area contributed by atoms with E-state index in [1.165, 1.54) is 6.42 Å². The van der Waals surface area contributed by atoms with Crippen LogP contribution >= 0.6 is 0 Å². The molecular weight excluding hydrogens is 300 g/mol. The third-order valence-corrected chi connectivity index (χ3v) is 4.64. The largest absolute Gasteiger partial charge is 0.378 e. The molecule has 1 aliphatic rings. The van der Waals surface area contributed by atoms with Gasteiger partial charge in [0, 0.05) is 36.7 Å². The van der Waals surface area contributed by atoms with Gasteiger partial charge in [-0.05, 0) is 42.9 Å². The molecule has 1 amide bonds. The van der Waals surface area contributed by atoms with Crippen molar-refractivity contribution in [1.29, 1.82) is 0 Å². The molecule has 2 N–H and O–H groups in total. The Morgan fingerprint density at radius 1 is 1.33 bits per heavy atom. The fourth-order valence-corrected chi connectivity index (χ4v) is 3.53. The second kappa shape index (κ2) is 7.07. The fraction of sp³-hybridized carbons (Fsp3) is 0.474. The van der Waals surface area contributed by atoms with Crippen LogP contribution in [0.5, 0.6) is 0 Å². The first kappa shape index (κ1) is 16.6. The van der Waals surface area contributed by atoms with E-state index in [1.54, 1.807) is 6.20 Å². The molecule has 1 aliphatic heterocycles. The zero-order valence-electron chi connectivity index (χ0n) is 14.7. The Kier molecular flexibility index (Phi) is 4.88. The average Bonchev–Trinajstić information content (AvgIpc) is 3.06. The highest BCUT2D eigenvalue weighted by atomic mass is 16.2. The van der Waals surface area contributed by atoms with Crippen LogP contribution in [0.15, 0.2) is 30.6 Å². The minimum Gasteiger partial charge on any atom is -0.378 e. The number of anilines is 1. The molecule has 0 saturated carbocycles. The summed E-state index contributed by atoms with van der Waals surface area (Å²) in [4.78, 5) is 22.2. The Morgan fingerprint density at radius 3 is 2.75 bits per heavy atom. The Bertz CT molecular complexity index is 685. The van der Waals surface area contributed by atoms with Crippen LogP contribution in [0.3, 0.4) is 0 Å². The van der Waals surface area contributed by atoms with Gasteiger partial charge in [-0.3, -0.25) is 4.79 Å². The molecule has 0 unspecified atom stereocenters. The van der Waals surface area contributed by atoms with Crippen LogP contribution in [0.2, 0.25) is 0 Å². The highest BCUT2D eigenvalue weighted by Crippen LogP contribution is 2.24. The second-order valence-electron chi connectivity index (χ2n) is 7.08. The van der Waals surface area contributed by atoms with Crippen molar-refractivity contribution in [2.24, 2.45) is 11.8 Å². The molecule has 2 atom stereocenters. The van der Waals surface area contributed by atoms with Crippen LogP contribution in [0.1, 0.15) is 42.0 Å². The van der Waals surface area contributed by atoms with Crippen molar-refractivity contribution in [3.8, 4) is 0 Å². The number of carbonyl (C=O) groups excluding carboxylic acids is 1. The van der Waals surface area contributed by atoms with E-state index >= 15 is 0 Å². The number of benzene rings is 1. The van der Waals surface area contributed by atoms with E-state index in [9.17, 15) is 4.79 Å². The predicted octanol–water partition coefficient (Wildman–Crippen LogP) is 3.45. The molecule has 1 fully saturated rings. The van der Waals surface area contributed by atoms with E-state index in [2.05, 4.69) is 29.1 Å². The van der Waals surface area contributed by atoms with Crippen molar-refractivity contribution in [1.82, 2.24) is 14.9 Å². The molecule has 0 aliphatic carbocycles. The first-order valence-corrected chi connectivity index (χ1v) is 8.65. The van der Waals surface area contributed by atoms with Crippen molar-refractivity contribution >= 4 is 11.6 Å². The molecule has 128 valence electrons. The van der Waals surface area contributed by atoms with Crippen molar-refractivity contribution in [2.45, 2.75) is 33.7 Å². The molecule has 2 aromatic rings. The zero-order chi connectivity index (χ0) is 17.1. The molecular formula is C19H26N4O. The summed E-state index contributed by atoms with van der Waals surface area (Å²) in [7, 11) is 0. The second-order valence-corrected chi connectivity index (χ2v) is 7.08. The monoisotopic (exact) mass is 326 g/mol. The smallest absolute Gasteiger partial charge is 0.253 e. The van der Waals surface area contributed by atoms with Gasteiger partial charge >= 0.3 is 0 Å². The Morgan fingerprint density at radius 2 is 2.08 bits per heavy atom. The average molecular weight is 326 g/mol. The Hall–Kier alpha value is -2.30. The molecule has 3 rings (SSSR count). The molecule has 5 heteroatoms. The molecule has 0 radical (unpaired) electrons. The van der Waals surface area contributed by atoms with E-state index in [-0.39, 0.29) is 5.91 Å². The minimum atomic E-state index is 0.134. The molecule has 24 heavy (non-hydrogen) atoms. The van der Waals surface area contributed by atoms with Gasteiger partial charge in [0.2, 0.25) is 0 Å². The third kappa shape index (κ3) is 3.78. The van der Waals surface area contributed by atoms with Gasteiger partial charge in [-0.1, -0.05) is 19.9 Å². The minimum absolute atomic E-state index is 0.134. The summed E-state index contributed by atoms with van der Waals surface area (Å²) in [6.07, 6.45) is 4.75. The highest BCUT2D eigenvalue weighted by molar-refractivity contribution is 5.95. The number of hydrogen-bond donors (Lipinski definition) is 2. The maximum Gasteiger partial charge on any atom is 0.253 e. The highest BCUT2D eigenvalue weighted by Gasteiger charge is 2.26. The van der Waals surface area contributed by atoms with E-state index in [0.29, 0.717) is 18.4 Å². The van der Waals surface area contributed by atoms with Gasteiger partial charge in [0.25, 0.3) is 5.91 Å². The van der Waals surface area contributed by atoms with Gasteiger partial charge in [0.15, 0.2) is 0 Å². The van der Waals surface area contributed by atoms with Crippen molar-refractivity contribution < 1.29 is 4.79 Å². The Balaban J connectivity index is 1.73. The predicted molar refractivity (Wildman–Crippen MR) is 95.9 cm³/mol. The standard InChI is InChI=1S/C19H26N4O/c1-13-8-14(2)12-23(11-13)19(24)16-5-4-15(3)17(9-16)22-10-18-20-6-7-21-18/h4-7,9,13-14,22H,8,10-12H2,1-3H3,(H,20,21)/t13-,14+. The molecule has 1 aromatic heterocycles. The van der Waals surface area contributed by atoms with E-state index < -0.39 is 0 Å². The Labute approximate surface area is 143 Å². The lowest BCUT2D eigenvalue weighted by Gasteiger charge is -2.35. The number of carbonyl (C=O) groups is 1. The summed E-state index contributed by atoms with van der Waals surface area (Å²) < 4.78 is 0. The van der Waals surface area contributed by atoms with E-state index in [0.717, 1.165) is 35.7 Å². The third-order valence-electron chi connectivity index (χ3n) is 4.64. The number of aromatic nitrogens is 2.